The van der Waals surface area contributed by atoms with Gasteiger partial charge in [-0.1, -0.05) is 0 Å². The monoisotopic (exact) mass is 357 g/mol. The number of hydrogen-bond acceptors (Lipinski definition) is 4. The summed E-state index contributed by atoms with van der Waals surface area (Å²) in [5.74, 6) is -2.27. The Morgan fingerprint density at radius 1 is 1.08 bits per heavy atom. The van der Waals surface area contributed by atoms with Gasteiger partial charge < -0.3 is 5.32 Å². The van der Waals surface area contributed by atoms with Crippen LogP contribution in [0.1, 0.15) is 5.01 Å². The molecule has 0 aliphatic carbocycles. The van der Waals surface area contributed by atoms with Gasteiger partial charge in [-0.25, -0.2) is 18.2 Å². The topological polar surface area (TPSA) is 48.7 Å². The lowest BCUT2D eigenvalue weighted by Crippen LogP contribution is -1.93. The van der Waals surface area contributed by atoms with Crippen LogP contribution in [0.2, 0.25) is 0 Å². The van der Waals surface area contributed by atoms with Crippen LogP contribution in [0.4, 0.5) is 18.9 Å². The van der Waals surface area contributed by atoms with E-state index in [1.807, 2.05) is 6.07 Å². The molecule has 0 unspecified atom stereocenters. The molecule has 25 heavy (non-hydrogen) atoms. The lowest BCUT2D eigenvalue weighted by molar-refractivity contribution is 0.509. The van der Waals surface area contributed by atoms with E-state index in [0.29, 0.717) is 16.4 Å². The molecule has 2 aromatic carbocycles. The Morgan fingerprint density at radius 2 is 1.84 bits per heavy atom. The largest absolute Gasteiger partial charge is 0.360 e. The van der Waals surface area contributed by atoms with Gasteiger partial charge in [0.2, 0.25) is 0 Å². The van der Waals surface area contributed by atoms with E-state index in [2.05, 4.69) is 10.3 Å². The summed E-state index contributed by atoms with van der Waals surface area (Å²) in [7, 11) is 0. The second-order valence-corrected chi connectivity index (χ2v) is 5.85. The number of halogens is 3. The number of benzene rings is 2. The van der Waals surface area contributed by atoms with E-state index in [0.717, 1.165) is 17.7 Å². The molecule has 0 amide bonds. The summed E-state index contributed by atoms with van der Waals surface area (Å²) in [6.07, 6.45) is 1.37. The summed E-state index contributed by atoms with van der Waals surface area (Å²) in [6, 6.07) is 11.2. The molecule has 3 rings (SSSR count). The van der Waals surface area contributed by atoms with E-state index in [1.165, 1.54) is 35.7 Å². The predicted molar refractivity (Wildman–Crippen MR) is 91.1 cm³/mol. The first-order chi connectivity index (χ1) is 12.1. The number of nitrogens with zero attached hydrogens (tertiary/aromatic N) is 2. The second-order valence-electron chi connectivity index (χ2n) is 4.99. The van der Waals surface area contributed by atoms with Crippen LogP contribution in [0.5, 0.6) is 0 Å². The number of rotatable bonds is 4. The minimum absolute atomic E-state index is 0.239. The molecule has 0 atom stereocenters. The fourth-order valence-corrected chi connectivity index (χ4v) is 2.83. The standard InChI is InChI=1S/C18H10F3N3S/c19-13-3-1-11(2-4-13)17-10-25-18(24-17)12(8-22)9-23-14-5-6-15(20)16(21)7-14/h1-7,9-10,23H. The molecule has 1 N–H and O–H groups in total. The van der Waals surface area contributed by atoms with Crippen LogP contribution in [-0.4, -0.2) is 4.98 Å². The third-order valence-corrected chi connectivity index (χ3v) is 4.17. The van der Waals surface area contributed by atoms with Crippen molar-refractivity contribution in [3.05, 3.63) is 76.5 Å². The summed E-state index contributed by atoms with van der Waals surface area (Å²) in [4.78, 5) is 4.36. The first-order valence-electron chi connectivity index (χ1n) is 7.10. The molecule has 3 nitrogen and oxygen atoms in total. The summed E-state index contributed by atoms with van der Waals surface area (Å²) < 4.78 is 39.1. The van der Waals surface area contributed by atoms with E-state index in [-0.39, 0.29) is 11.4 Å². The van der Waals surface area contributed by atoms with Crippen molar-refractivity contribution in [3.63, 3.8) is 0 Å². The van der Waals surface area contributed by atoms with Gasteiger partial charge in [-0.15, -0.1) is 11.3 Å². The zero-order valence-electron chi connectivity index (χ0n) is 12.6. The highest BCUT2D eigenvalue weighted by atomic mass is 32.1. The average molecular weight is 357 g/mol. The highest BCUT2D eigenvalue weighted by Crippen LogP contribution is 2.26. The molecule has 0 aliphatic rings. The maximum Gasteiger partial charge on any atom is 0.160 e. The number of thiazole rings is 1. The maximum absolute atomic E-state index is 13.2. The molecule has 124 valence electrons. The number of anilines is 1. The number of aromatic nitrogens is 1. The van der Waals surface area contributed by atoms with Gasteiger partial charge in [0.15, 0.2) is 11.6 Å². The minimum Gasteiger partial charge on any atom is -0.360 e. The quantitative estimate of drug-likeness (QED) is 0.653. The van der Waals surface area contributed by atoms with E-state index in [1.54, 1.807) is 17.5 Å². The summed E-state index contributed by atoms with van der Waals surface area (Å²) in [6.45, 7) is 0. The molecule has 0 radical (unpaired) electrons. The van der Waals surface area contributed by atoms with Crippen LogP contribution in [0.3, 0.4) is 0 Å². The lowest BCUT2D eigenvalue weighted by atomic mass is 10.2. The van der Waals surface area contributed by atoms with E-state index in [4.69, 9.17) is 0 Å². The molecule has 0 aliphatic heterocycles. The Balaban J connectivity index is 1.82. The number of allylic oxidation sites excluding steroid dienone is 1. The van der Waals surface area contributed by atoms with Crippen LogP contribution >= 0.6 is 11.3 Å². The van der Waals surface area contributed by atoms with Gasteiger partial charge in [-0.3, -0.25) is 0 Å². The predicted octanol–water partition coefficient (Wildman–Crippen LogP) is 5.20. The molecular formula is C18H10F3N3S. The second kappa shape index (κ2) is 7.20. The smallest absolute Gasteiger partial charge is 0.160 e. The Hall–Kier alpha value is -3.11. The number of nitrogens with one attached hydrogen (secondary N) is 1. The normalized spacial score (nSPS) is 11.2. The molecule has 0 fully saturated rings. The van der Waals surface area contributed by atoms with Crippen LogP contribution in [0, 0.1) is 28.8 Å². The molecule has 0 bridgehead atoms. The van der Waals surface area contributed by atoms with Gasteiger partial charge in [0.25, 0.3) is 0 Å². The Kier molecular flexibility index (Phi) is 4.82. The highest BCUT2D eigenvalue weighted by Gasteiger charge is 2.09. The summed E-state index contributed by atoms with van der Waals surface area (Å²) in [5, 5.41) is 14.3. The van der Waals surface area contributed by atoms with E-state index in [9.17, 15) is 18.4 Å². The number of hydrogen-bond donors (Lipinski definition) is 1. The summed E-state index contributed by atoms with van der Waals surface area (Å²) >= 11 is 1.25. The molecule has 0 spiro atoms. The average Bonchev–Trinajstić information content (AvgIpc) is 3.09. The lowest BCUT2D eigenvalue weighted by Gasteiger charge is -2.02. The van der Waals surface area contributed by atoms with Crippen molar-refractivity contribution in [2.45, 2.75) is 0 Å². The maximum atomic E-state index is 13.2. The van der Waals surface area contributed by atoms with Crippen LogP contribution < -0.4 is 5.32 Å². The van der Waals surface area contributed by atoms with Crippen molar-refractivity contribution < 1.29 is 13.2 Å². The SMILES string of the molecule is N#CC(=CNc1ccc(F)c(F)c1)c1nc(-c2ccc(F)cc2)cs1. The van der Waals surface area contributed by atoms with Crippen LogP contribution in [-0.2, 0) is 0 Å². The third kappa shape index (κ3) is 3.87. The first-order valence-corrected chi connectivity index (χ1v) is 7.98. The molecule has 0 saturated carbocycles. The van der Waals surface area contributed by atoms with Gasteiger partial charge in [0, 0.05) is 28.9 Å². The van der Waals surface area contributed by atoms with Crippen LogP contribution in [0.15, 0.2) is 54.0 Å². The summed E-state index contributed by atoms with van der Waals surface area (Å²) in [5.41, 5.74) is 1.90. The molecule has 1 heterocycles. The number of nitriles is 1. The highest BCUT2D eigenvalue weighted by molar-refractivity contribution is 7.11. The fourth-order valence-electron chi connectivity index (χ4n) is 2.03. The van der Waals surface area contributed by atoms with Gasteiger partial charge in [0.05, 0.1) is 5.69 Å². The molecular weight excluding hydrogens is 347 g/mol. The van der Waals surface area contributed by atoms with E-state index < -0.39 is 11.6 Å². The van der Waals surface area contributed by atoms with Crippen molar-refractivity contribution in [2.24, 2.45) is 0 Å². The van der Waals surface area contributed by atoms with Crippen molar-refractivity contribution in [1.82, 2.24) is 4.98 Å². The molecule has 3 aromatic rings. The van der Waals surface area contributed by atoms with Gasteiger partial charge in [-0.2, -0.15) is 5.26 Å². The Bertz CT molecular complexity index is 972. The van der Waals surface area contributed by atoms with Gasteiger partial charge >= 0.3 is 0 Å². The van der Waals surface area contributed by atoms with Crippen molar-refractivity contribution in [3.8, 4) is 17.3 Å². The van der Waals surface area contributed by atoms with Crippen molar-refractivity contribution >= 4 is 22.6 Å². The fraction of sp³-hybridized carbons (Fsp3) is 0. The van der Waals surface area contributed by atoms with Crippen LogP contribution in [0.25, 0.3) is 16.8 Å². The molecule has 1 aromatic heterocycles. The Morgan fingerprint density at radius 3 is 2.52 bits per heavy atom. The third-order valence-electron chi connectivity index (χ3n) is 3.30. The molecule has 7 heteroatoms. The van der Waals surface area contributed by atoms with E-state index >= 15 is 0 Å². The van der Waals surface area contributed by atoms with Crippen molar-refractivity contribution in [1.29, 1.82) is 5.26 Å². The van der Waals surface area contributed by atoms with Gasteiger partial charge in [0.1, 0.15) is 22.5 Å². The first kappa shape index (κ1) is 16.7. The Labute approximate surface area is 145 Å². The van der Waals surface area contributed by atoms with Gasteiger partial charge in [-0.05, 0) is 36.4 Å². The minimum atomic E-state index is -0.982. The zero-order chi connectivity index (χ0) is 17.8. The molecule has 0 saturated heterocycles. The zero-order valence-corrected chi connectivity index (χ0v) is 13.4. The van der Waals surface area contributed by atoms with Crippen molar-refractivity contribution in [2.75, 3.05) is 5.32 Å².